The first-order chi connectivity index (χ1) is 9.31. The first kappa shape index (κ1) is 10.6. The molecule has 2 heterocycles. The number of benzene rings is 2. The van der Waals surface area contributed by atoms with Crippen molar-refractivity contribution in [3.05, 3.63) is 53.8 Å². The minimum atomic E-state index is 0.694. The maximum absolute atomic E-state index is 5.98. The Bertz CT molecular complexity index is 891. The summed E-state index contributed by atoms with van der Waals surface area (Å²) in [4.78, 5) is 7.85. The van der Waals surface area contributed by atoms with Crippen molar-refractivity contribution in [3.8, 4) is 11.4 Å². The van der Waals surface area contributed by atoms with Crippen molar-refractivity contribution in [1.29, 1.82) is 0 Å². The molecule has 0 amide bonds. The number of imidazole rings is 1. The van der Waals surface area contributed by atoms with E-state index in [2.05, 4.69) is 9.97 Å². The normalized spacial score (nSPS) is 11.4. The van der Waals surface area contributed by atoms with E-state index >= 15 is 0 Å². The van der Waals surface area contributed by atoms with Crippen molar-refractivity contribution in [3.63, 3.8) is 0 Å². The maximum atomic E-state index is 5.98. The van der Waals surface area contributed by atoms with E-state index < -0.39 is 0 Å². The van der Waals surface area contributed by atoms with Crippen LogP contribution in [0.25, 0.3) is 33.4 Å². The van der Waals surface area contributed by atoms with E-state index in [4.69, 9.17) is 16.0 Å². The third kappa shape index (κ3) is 1.63. The van der Waals surface area contributed by atoms with Gasteiger partial charge in [-0.3, -0.25) is 0 Å². The van der Waals surface area contributed by atoms with Gasteiger partial charge in [0.25, 0.3) is 0 Å². The number of H-pyrrole nitrogens is 1. The third-order valence-electron chi connectivity index (χ3n) is 3.18. The van der Waals surface area contributed by atoms with Crippen LogP contribution >= 0.6 is 11.6 Å². The molecular formula is C15H9ClN2O. The van der Waals surface area contributed by atoms with Crippen LogP contribution in [-0.2, 0) is 0 Å². The minimum Gasteiger partial charge on any atom is -0.464 e. The molecule has 0 fully saturated rings. The van der Waals surface area contributed by atoms with Gasteiger partial charge in [-0.05, 0) is 24.3 Å². The molecule has 0 atom stereocenters. The van der Waals surface area contributed by atoms with Crippen molar-refractivity contribution >= 4 is 33.6 Å². The van der Waals surface area contributed by atoms with E-state index in [-0.39, 0.29) is 0 Å². The molecule has 0 unspecified atom stereocenters. The van der Waals surface area contributed by atoms with Gasteiger partial charge >= 0.3 is 0 Å². The zero-order chi connectivity index (χ0) is 12.8. The van der Waals surface area contributed by atoms with Gasteiger partial charge in [0.15, 0.2) is 0 Å². The van der Waals surface area contributed by atoms with Crippen molar-refractivity contribution in [1.82, 2.24) is 9.97 Å². The van der Waals surface area contributed by atoms with Crippen LogP contribution in [-0.4, -0.2) is 9.97 Å². The Kier molecular flexibility index (Phi) is 2.17. The summed E-state index contributed by atoms with van der Waals surface area (Å²) in [5.41, 5.74) is 3.64. The van der Waals surface area contributed by atoms with Gasteiger partial charge in [-0.2, -0.15) is 0 Å². The molecule has 92 valence electrons. The minimum absolute atomic E-state index is 0.694. The molecule has 1 N–H and O–H groups in total. The van der Waals surface area contributed by atoms with E-state index in [0.717, 1.165) is 33.4 Å². The predicted octanol–water partition coefficient (Wildman–Crippen LogP) is 4.63. The van der Waals surface area contributed by atoms with E-state index in [1.807, 2.05) is 42.5 Å². The molecule has 0 spiro atoms. The molecule has 4 aromatic rings. The number of hydrogen-bond acceptors (Lipinski definition) is 2. The van der Waals surface area contributed by atoms with Crippen molar-refractivity contribution in [2.45, 2.75) is 0 Å². The highest BCUT2D eigenvalue weighted by atomic mass is 35.5. The van der Waals surface area contributed by atoms with E-state index in [1.54, 1.807) is 6.26 Å². The summed E-state index contributed by atoms with van der Waals surface area (Å²) >= 11 is 5.98. The van der Waals surface area contributed by atoms with Crippen LogP contribution in [0.2, 0.25) is 5.02 Å². The maximum Gasteiger partial charge on any atom is 0.142 e. The summed E-state index contributed by atoms with van der Waals surface area (Å²) in [6.07, 6.45) is 1.73. The lowest BCUT2D eigenvalue weighted by Gasteiger charge is -1.91. The Labute approximate surface area is 113 Å². The van der Waals surface area contributed by atoms with Crippen molar-refractivity contribution in [2.24, 2.45) is 0 Å². The number of furan rings is 1. The monoisotopic (exact) mass is 268 g/mol. The lowest BCUT2D eigenvalue weighted by molar-refractivity contribution is 0.616. The predicted molar refractivity (Wildman–Crippen MR) is 76.3 cm³/mol. The molecule has 0 aliphatic heterocycles. The van der Waals surface area contributed by atoms with Gasteiger partial charge in [0.1, 0.15) is 17.7 Å². The molecule has 3 nitrogen and oxygen atoms in total. The first-order valence-electron chi connectivity index (χ1n) is 5.93. The highest BCUT2D eigenvalue weighted by molar-refractivity contribution is 6.31. The van der Waals surface area contributed by atoms with Crippen LogP contribution in [0.1, 0.15) is 0 Å². The average molecular weight is 269 g/mol. The summed E-state index contributed by atoms with van der Waals surface area (Å²) in [6, 6.07) is 13.5. The van der Waals surface area contributed by atoms with Crippen LogP contribution in [0.15, 0.2) is 53.1 Å². The molecule has 2 aromatic heterocycles. The van der Waals surface area contributed by atoms with Gasteiger partial charge in [-0.15, -0.1) is 0 Å². The molecule has 0 aliphatic rings. The average Bonchev–Trinajstić information content (AvgIpc) is 3.00. The van der Waals surface area contributed by atoms with Crippen LogP contribution < -0.4 is 0 Å². The quantitative estimate of drug-likeness (QED) is 0.547. The highest BCUT2D eigenvalue weighted by Crippen LogP contribution is 2.30. The third-order valence-corrected chi connectivity index (χ3v) is 3.42. The molecular weight excluding hydrogens is 260 g/mol. The Balaban J connectivity index is 1.99. The molecule has 4 rings (SSSR count). The first-order valence-corrected chi connectivity index (χ1v) is 6.31. The molecule has 0 bridgehead atoms. The fraction of sp³-hybridized carbons (Fsp3) is 0. The highest BCUT2D eigenvalue weighted by Gasteiger charge is 2.11. The number of aromatic nitrogens is 2. The van der Waals surface area contributed by atoms with Gasteiger partial charge in [-0.1, -0.05) is 29.8 Å². The summed E-state index contributed by atoms with van der Waals surface area (Å²) in [7, 11) is 0. The van der Waals surface area contributed by atoms with Crippen LogP contribution in [0.4, 0.5) is 0 Å². The number of hydrogen-bond donors (Lipinski definition) is 1. The second kappa shape index (κ2) is 3.87. The zero-order valence-electron chi connectivity index (χ0n) is 9.85. The van der Waals surface area contributed by atoms with Gasteiger partial charge in [0.05, 0.1) is 16.6 Å². The summed E-state index contributed by atoms with van der Waals surface area (Å²) in [5, 5.41) is 1.74. The lowest BCUT2D eigenvalue weighted by atomic mass is 10.2. The second-order valence-electron chi connectivity index (χ2n) is 4.39. The number of fused-ring (bicyclic) bond motifs is 2. The molecule has 0 saturated heterocycles. The summed E-state index contributed by atoms with van der Waals surface area (Å²) < 4.78 is 5.54. The molecule has 0 aliphatic carbocycles. The van der Waals surface area contributed by atoms with E-state index in [9.17, 15) is 0 Å². The van der Waals surface area contributed by atoms with Gasteiger partial charge in [-0.25, -0.2) is 4.98 Å². The van der Waals surface area contributed by atoms with E-state index in [0.29, 0.717) is 5.02 Å². The number of nitrogens with zero attached hydrogens (tertiary/aromatic N) is 1. The Morgan fingerprint density at radius 3 is 2.95 bits per heavy atom. The smallest absolute Gasteiger partial charge is 0.142 e. The van der Waals surface area contributed by atoms with Gasteiger partial charge in [0, 0.05) is 10.4 Å². The van der Waals surface area contributed by atoms with Gasteiger partial charge in [0.2, 0.25) is 0 Å². The number of halogens is 1. The Morgan fingerprint density at radius 1 is 1.11 bits per heavy atom. The van der Waals surface area contributed by atoms with E-state index in [1.165, 1.54) is 0 Å². The fourth-order valence-electron chi connectivity index (χ4n) is 2.27. The largest absolute Gasteiger partial charge is 0.464 e. The second-order valence-corrected chi connectivity index (χ2v) is 4.83. The molecule has 4 heteroatoms. The fourth-order valence-corrected chi connectivity index (χ4v) is 2.44. The molecule has 2 aromatic carbocycles. The van der Waals surface area contributed by atoms with Crippen molar-refractivity contribution < 1.29 is 4.42 Å². The number of aromatic amines is 1. The lowest BCUT2D eigenvalue weighted by Crippen LogP contribution is -1.77. The van der Waals surface area contributed by atoms with Crippen LogP contribution in [0, 0.1) is 0 Å². The summed E-state index contributed by atoms with van der Waals surface area (Å²) in [6.45, 7) is 0. The summed E-state index contributed by atoms with van der Waals surface area (Å²) in [5.74, 6) is 0.794. The van der Waals surface area contributed by atoms with Gasteiger partial charge < -0.3 is 9.40 Å². The topological polar surface area (TPSA) is 41.8 Å². The van der Waals surface area contributed by atoms with Crippen LogP contribution in [0.5, 0.6) is 0 Å². The number of para-hydroxylation sites is 1. The Hall–Kier alpha value is -2.26. The zero-order valence-corrected chi connectivity index (χ0v) is 10.6. The molecule has 0 radical (unpaired) electrons. The SMILES string of the molecule is Clc1ccc2nc(-c3coc4ccccc34)[nH]c2c1. The standard InChI is InChI=1S/C15H9ClN2O/c16-9-5-6-12-13(7-9)18-15(17-12)11-8-19-14-4-2-1-3-10(11)14/h1-8H,(H,17,18). The number of rotatable bonds is 1. The number of nitrogens with one attached hydrogen (secondary N) is 1. The molecule has 0 saturated carbocycles. The van der Waals surface area contributed by atoms with Crippen molar-refractivity contribution in [2.75, 3.05) is 0 Å². The Morgan fingerprint density at radius 2 is 2.00 bits per heavy atom. The van der Waals surface area contributed by atoms with Crippen LogP contribution in [0.3, 0.4) is 0 Å². The molecule has 19 heavy (non-hydrogen) atoms.